The van der Waals surface area contributed by atoms with Crippen molar-refractivity contribution in [2.24, 2.45) is 0 Å². The zero-order valence-electron chi connectivity index (χ0n) is 8.61. The summed E-state index contributed by atoms with van der Waals surface area (Å²) in [7, 11) is 0. The molecule has 1 aliphatic carbocycles. The van der Waals surface area contributed by atoms with E-state index in [1.807, 2.05) is 5.01 Å². The van der Waals surface area contributed by atoms with Crippen molar-refractivity contribution in [1.82, 2.24) is 15.3 Å². The van der Waals surface area contributed by atoms with Gasteiger partial charge < -0.3 is 5.32 Å². The van der Waals surface area contributed by atoms with E-state index in [1.165, 1.54) is 25.7 Å². The van der Waals surface area contributed by atoms with Crippen molar-refractivity contribution in [3.63, 3.8) is 0 Å². The molecule has 1 heterocycles. The highest BCUT2D eigenvalue weighted by Gasteiger charge is 2.26. The Hall–Kier alpha value is -0.610. The van der Waals surface area contributed by atoms with Crippen LogP contribution in [0.15, 0.2) is 0 Å². The van der Waals surface area contributed by atoms with Crippen molar-refractivity contribution < 1.29 is 4.79 Å². The number of carbonyl (C=O) groups excluding carboxylic acids is 1. The van der Waals surface area contributed by atoms with Gasteiger partial charge in [0.25, 0.3) is 0 Å². The third-order valence-electron chi connectivity index (χ3n) is 3.23. The van der Waals surface area contributed by atoms with Crippen molar-refractivity contribution in [1.29, 1.82) is 0 Å². The van der Waals surface area contributed by atoms with Crippen LogP contribution in [0.1, 0.15) is 25.7 Å². The lowest BCUT2D eigenvalue weighted by atomic mass is 10.2. The number of hydrogen-bond acceptors (Lipinski definition) is 3. The Bertz CT molecular complexity index is 186. The minimum atomic E-state index is 0.477. The van der Waals surface area contributed by atoms with Crippen LogP contribution < -0.4 is 5.32 Å². The van der Waals surface area contributed by atoms with E-state index in [1.54, 1.807) is 0 Å². The fraction of sp³-hybridized carbons (Fsp3) is 0.900. The number of nitrogens with one attached hydrogen (secondary N) is 1. The van der Waals surface area contributed by atoms with Crippen LogP contribution in [0.2, 0.25) is 0 Å². The Morgan fingerprint density at radius 1 is 1.21 bits per heavy atom. The average molecular weight is 197 g/mol. The predicted octanol–water partition coefficient (Wildman–Crippen LogP) is 0.208. The van der Waals surface area contributed by atoms with Crippen LogP contribution >= 0.6 is 0 Å². The summed E-state index contributed by atoms with van der Waals surface area (Å²) in [6.07, 6.45) is 5.94. The van der Waals surface area contributed by atoms with Crippen molar-refractivity contribution in [3.8, 4) is 0 Å². The van der Waals surface area contributed by atoms with Crippen LogP contribution in [0.25, 0.3) is 0 Å². The lowest BCUT2D eigenvalue weighted by molar-refractivity contribution is -0.141. The third kappa shape index (κ3) is 2.07. The van der Waals surface area contributed by atoms with E-state index in [0.29, 0.717) is 6.04 Å². The smallest absolute Gasteiger partial charge is 0.224 e. The SMILES string of the molecule is O=CN(C1CCCC1)N1CCNCC1. The van der Waals surface area contributed by atoms with Gasteiger partial charge in [0.1, 0.15) is 0 Å². The van der Waals surface area contributed by atoms with E-state index in [0.717, 1.165) is 32.6 Å². The van der Waals surface area contributed by atoms with Crippen molar-refractivity contribution in [2.75, 3.05) is 26.2 Å². The maximum atomic E-state index is 11.1. The summed E-state index contributed by atoms with van der Waals surface area (Å²) in [5.74, 6) is 0. The maximum absolute atomic E-state index is 11.1. The van der Waals surface area contributed by atoms with Gasteiger partial charge in [0, 0.05) is 32.2 Å². The standard InChI is InChI=1S/C10H19N3O/c14-9-13(10-3-1-2-4-10)12-7-5-11-6-8-12/h9-11H,1-8H2. The highest BCUT2D eigenvalue weighted by Crippen LogP contribution is 2.23. The molecule has 1 N–H and O–H groups in total. The third-order valence-corrected chi connectivity index (χ3v) is 3.23. The highest BCUT2D eigenvalue weighted by molar-refractivity contribution is 5.47. The fourth-order valence-corrected chi connectivity index (χ4v) is 2.44. The molecular formula is C10H19N3O. The summed E-state index contributed by atoms with van der Waals surface area (Å²) >= 11 is 0. The Morgan fingerprint density at radius 2 is 1.86 bits per heavy atom. The molecule has 0 aromatic carbocycles. The normalized spacial score (nSPS) is 25.1. The molecule has 0 atom stereocenters. The molecule has 0 unspecified atom stereocenters. The zero-order valence-corrected chi connectivity index (χ0v) is 8.61. The van der Waals surface area contributed by atoms with Crippen molar-refractivity contribution in [3.05, 3.63) is 0 Å². The second kappa shape index (κ2) is 4.75. The molecule has 80 valence electrons. The molecule has 2 aliphatic rings. The first-order valence-electron chi connectivity index (χ1n) is 5.61. The molecule has 14 heavy (non-hydrogen) atoms. The summed E-state index contributed by atoms with van der Waals surface area (Å²) < 4.78 is 0. The Labute approximate surface area is 85.2 Å². The van der Waals surface area contributed by atoms with E-state index in [9.17, 15) is 4.79 Å². The predicted molar refractivity (Wildman–Crippen MR) is 54.6 cm³/mol. The molecule has 1 saturated carbocycles. The number of piperazine rings is 1. The second-order valence-corrected chi connectivity index (χ2v) is 4.13. The molecule has 2 fully saturated rings. The summed E-state index contributed by atoms with van der Waals surface area (Å²) in [6.45, 7) is 3.93. The molecule has 0 spiro atoms. The topological polar surface area (TPSA) is 35.6 Å². The molecule has 2 rings (SSSR count). The highest BCUT2D eigenvalue weighted by atomic mass is 16.1. The van der Waals surface area contributed by atoms with Gasteiger partial charge in [-0.2, -0.15) is 0 Å². The Morgan fingerprint density at radius 3 is 2.43 bits per heavy atom. The van der Waals surface area contributed by atoms with Crippen molar-refractivity contribution >= 4 is 6.41 Å². The quantitative estimate of drug-likeness (QED) is 0.657. The van der Waals surface area contributed by atoms with Crippen LogP contribution in [0.3, 0.4) is 0 Å². The van der Waals surface area contributed by atoms with Crippen LogP contribution in [-0.4, -0.2) is 48.6 Å². The number of amides is 1. The molecule has 0 radical (unpaired) electrons. The lowest BCUT2D eigenvalue weighted by Crippen LogP contribution is -2.54. The lowest BCUT2D eigenvalue weighted by Gasteiger charge is -2.38. The minimum Gasteiger partial charge on any atom is -0.314 e. The van der Waals surface area contributed by atoms with Crippen LogP contribution in [0, 0.1) is 0 Å². The Balaban J connectivity index is 1.92. The van der Waals surface area contributed by atoms with Gasteiger partial charge in [0.15, 0.2) is 0 Å². The molecule has 0 aromatic rings. The number of rotatable bonds is 3. The van der Waals surface area contributed by atoms with Gasteiger partial charge in [0.05, 0.1) is 0 Å². The molecule has 0 aromatic heterocycles. The molecule has 4 nitrogen and oxygen atoms in total. The van der Waals surface area contributed by atoms with Gasteiger partial charge in [-0.15, -0.1) is 0 Å². The van der Waals surface area contributed by atoms with E-state index in [2.05, 4.69) is 10.3 Å². The number of hydrogen-bond donors (Lipinski definition) is 1. The van der Waals surface area contributed by atoms with E-state index >= 15 is 0 Å². The first-order valence-corrected chi connectivity index (χ1v) is 5.61. The van der Waals surface area contributed by atoms with Gasteiger partial charge in [-0.25, -0.2) is 5.01 Å². The zero-order chi connectivity index (χ0) is 9.80. The van der Waals surface area contributed by atoms with Gasteiger partial charge >= 0.3 is 0 Å². The Kier molecular flexibility index (Phi) is 3.37. The molecule has 1 aliphatic heterocycles. The molecular weight excluding hydrogens is 178 g/mol. The van der Waals surface area contributed by atoms with Crippen LogP contribution in [-0.2, 0) is 4.79 Å². The second-order valence-electron chi connectivity index (χ2n) is 4.13. The number of hydrazine groups is 1. The fourth-order valence-electron chi connectivity index (χ4n) is 2.44. The van der Waals surface area contributed by atoms with Crippen LogP contribution in [0.5, 0.6) is 0 Å². The maximum Gasteiger partial charge on any atom is 0.224 e. The average Bonchev–Trinajstić information content (AvgIpc) is 2.74. The van der Waals surface area contributed by atoms with Gasteiger partial charge in [-0.3, -0.25) is 9.80 Å². The first kappa shape index (κ1) is 9.93. The molecule has 1 saturated heterocycles. The molecule has 0 bridgehead atoms. The first-order chi connectivity index (χ1) is 6.92. The summed E-state index contributed by atoms with van der Waals surface area (Å²) in [5.41, 5.74) is 0. The van der Waals surface area contributed by atoms with Gasteiger partial charge in [0.2, 0.25) is 6.41 Å². The van der Waals surface area contributed by atoms with E-state index < -0.39 is 0 Å². The van der Waals surface area contributed by atoms with Gasteiger partial charge in [-0.05, 0) is 12.8 Å². The number of carbonyl (C=O) groups is 1. The molecule has 1 amide bonds. The van der Waals surface area contributed by atoms with Crippen molar-refractivity contribution in [2.45, 2.75) is 31.7 Å². The largest absolute Gasteiger partial charge is 0.314 e. The monoisotopic (exact) mass is 197 g/mol. The molecule has 4 heteroatoms. The van der Waals surface area contributed by atoms with Crippen LogP contribution in [0.4, 0.5) is 0 Å². The summed E-state index contributed by atoms with van der Waals surface area (Å²) in [4.78, 5) is 11.1. The van der Waals surface area contributed by atoms with E-state index in [4.69, 9.17) is 0 Å². The summed E-state index contributed by atoms with van der Waals surface area (Å²) in [5, 5.41) is 7.43. The minimum absolute atomic E-state index is 0.477. The summed E-state index contributed by atoms with van der Waals surface area (Å²) in [6, 6.07) is 0.477. The van der Waals surface area contributed by atoms with E-state index in [-0.39, 0.29) is 0 Å². The number of nitrogens with zero attached hydrogens (tertiary/aromatic N) is 2. The van der Waals surface area contributed by atoms with Gasteiger partial charge in [-0.1, -0.05) is 12.8 Å².